The first kappa shape index (κ1) is 67.7. The summed E-state index contributed by atoms with van der Waals surface area (Å²) in [6.07, 6.45) is 0.942. The van der Waals surface area contributed by atoms with E-state index in [2.05, 4.69) is 216 Å². The molecule has 22 rings (SSSR count). The van der Waals surface area contributed by atoms with Crippen LogP contribution in [0, 0.1) is 0 Å². The fourth-order valence-electron chi connectivity index (χ4n) is 15.2. The molecule has 0 unspecified atom stereocenters. The van der Waals surface area contributed by atoms with E-state index in [1.54, 1.807) is 53.9 Å². The first-order valence-corrected chi connectivity index (χ1v) is 41.7. The molecule has 18 heteroatoms. The number of imidazole rings is 3. The number of hydrogen-bond donors (Lipinski definition) is 1. The van der Waals surface area contributed by atoms with Crippen LogP contribution in [0.15, 0.2) is 368 Å². The molecule has 3 aromatic heterocycles. The first-order chi connectivity index (χ1) is 52.7. The molecule has 7 heterocycles. The molecule has 0 aliphatic carbocycles. The summed E-state index contributed by atoms with van der Waals surface area (Å²) in [5.41, 5.74) is 24.0. The lowest BCUT2D eigenvalue weighted by Crippen LogP contribution is -2.15. The third-order valence-corrected chi connectivity index (χ3v) is 27.4. The van der Waals surface area contributed by atoms with Crippen LogP contribution in [0.5, 0.6) is 0 Å². The molecule has 520 valence electrons. The van der Waals surface area contributed by atoms with Crippen LogP contribution in [0.3, 0.4) is 0 Å². The zero-order valence-electron chi connectivity index (χ0n) is 56.9. The maximum absolute atomic E-state index is 14.3. The number of sulfone groups is 2. The number of nitrogen functional groups attached to an aromatic ring is 1. The zero-order chi connectivity index (χ0) is 73.1. The van der Waals surface area contributed by atoms with Crippen molar-refractivity contribution in [3.8, 4) is 73.5 Å². The quantitative estimate of drug-likeness (QED) is 0.130. The van der Waals surface area contributed by atoms with Gasteiger partial charge in [-0.25, -0.2) is 31.8 Å². The van der Waals surface area contributed by atoms with Crippen molar-refractivity contribution in [2.45, 2.75) is 45.6 Å². The Kier molecular flexibility index (Phi) is 17.0. The van der Waals surface area contributed by atoms with E-state index in [1.807, 2.05) is 130 Å². The van der Waals surface area contributed by atoms with Crippen LogP contribution < -0.4 is 5.73 Å². The number of para-hydroxylation sites is 3. The highest BCUT2D eigenvalue weighted by Crippen LogP contribution is 2.51. The standard InChI is InChI=1S/C39H24N2O2S.C19H11BrN2O2S.C19H11BrN2S.C13H10BrNS/c42-44(43)34-21-11-20-32-38(34)41(39(40-32)26-14-5-2-6-15-26)33-23-22-27(24-35(33)44)37-30-18-9-7-16-28(30)36(25-12-3-1-4-13-25)29-17-8-10-19-31(29)37;20-13-9-10-15-17(11-13)25(23,24)16-8-4-7-14-18(16)22(15)19(21-14)12-5-2-1-3-6-12;20-13-9-10-15-17(11-13)23-16-8-4-7-14-18(16)22(15)19(21-14)12-5-2-1-3-6-12;14-9-5-4-8-6-10-11(15)2-1-3-12(10)16-13(8)7-9/h1-24H;1-11H;1-11H;1-5,7H,6,15H2. The van der Waals surface area contributed by atoms with E-state index in [0.29, 0.717) is 38.3 Å². The van der Waals surface area contributed by atoms with Gasteiger partial charge in [-0.3, -0.25) is 13.7 Å². The van der Waals surface area contributed by atoms with Crippen molar-refractivity contribution in [3.05, 3.63) is 340 Å². The average Bonchev–Trinajstić information content (AvgIpc) is 1.41. The normalized spacial score (nSPS) is 13.4. The first-order valence-electron chi connectivity index (χ1n) is 34.7. The van der Waals surface area contributed by atoms with Crippen LogP contribution in [-0.4, -0.2) is 45.5 Å². The second-order valence-electron chi connectivity index (χ2n) is 26.4. The predicted molar refractivity (Wildman–Crippen MR) is 448 cm³/mol. The maximum atomic E-state index is 14.3. The Hall–Kier alpha value is -10.9. The second-order valence-corrected chi connectivity index (χ2v) is 35.0. The van der Waals surface area contributed by atoms with E-state index in [-0.39, 0.29) is 14.7 Å². The molecular formula is C90H56Br3N7O4S4. The van der Waals surface area contributed by atoms with Gasteiger partial charge in [0.05, 0.1) is 69.7 Å². The summed E-state index contributed by atoms with van der Waals surface area (Å²) in [6.45, 7) is 0. The average molecular weight is 1670 g/mol. The van der Waals surface area contributed by atoms with Crippen molar-refractivity contribution in [2.24, 2.45) is 0 Å². The van der Waals surface area contributed by atoms with E-state index >= 15 is 0 Å². The minimum Gasteiger partial charge on any atom is -0.398 e. The molecule has 4 aliphatic rings. The number of anilines is 1. The molecule has 4 aliphatic heterocycles. The molecule has 0 atom stereocenters. The van der Waals surface area contributed by atoms with Crippen LogP contribution >= 0.6 is 71.3 Å². The van der Waals surface area contributed by atoms with Gasteiger partial charge in [0.1, 0.15) is 17.5 Å². The van der Waals surface area contributed by atoms with Crippen molar-refractivity contribution in [1.29, 1.82) is 0 Å². The van der Waals surface area contributed by atoms with Crippen molar-refractivity contribution < 1.29 is 16.8 Å². The van der Waals surface area contributed by atoms with Crippen LogP contribution in [0.1, 0.15) is 11.1 Å². The monoisotopic (exact) mass is 1660 g/mol. The summed E-state index contributed by atoms with van der Waals surface area (Å²) < 4.78 is 64.1. The summed E-state index contributed by atoms with van der Waals surface area (Å²) in [5.74, 6) is 2.46. The van der Waals surface area contributed by atoms with Crippen molar-refractivity contribution >= 4 is 151 Å². The number of benzene rings is 15. The van der Waals surface area contributed by atoms with Gasteiger partial charge in [-0.2, -0.15) is 0 Å². The minimum absolute atomic E-state index is 0.281. The number of rotatable bonds is 5. The summed E-state index contributed by atoms with van der Waals surface area (Å²) in [6, 6.07) is 105. The summed E-state index contributed by atoms with van der Waals surface area (Å²) >= 11 is 14.1. The Morgan fingerprint density at radius 3 is 1.23 bits per heavy atom. The van der Waals surface area contributed by atoms with Gasteiger partial charge in [0.2, 0.25) is 19.7 Å². The highest BCUT2D eigenvalue weighted by Gasteiger charge is 2.37. The van der Waals surface area contributed by atoms with Crippen molar-refractivity contribution in [2.75, 3.05) is 5.73 Å². The predicted octanol–water partition coefficient (Wildman–Crippen LogP) is 24.1. The maximum Gasteiger partial charge on any atom is 0.210 e. The number of aromatic nitrogens is 6. The molecule has 108 heavy (non-hydrogen) atoms. The van der Waals surface area contributed by atoms with E-state index < -0.39 is 19.7 Å². The topological polar surface area (TPSA) is 148 Å². The van der Waals surface area contributed by atoms with E-state index in [4.69, 9.17) is 20.7 Å². The van der Waals surface area contributed by atoms with Crippen LogP contribution in [-0.2, 0) is 26.1 Å². The summed E-state index contributed by atoms with van der Waals surface area (Å²) in [5, 5.41) is 4.41. The minimum atomic E-state index is -3.83. The largest absolute Gasteiger partial charge is 0.398 e. The summed E-state index contributed by atoms with van der Waals surface area (Å²) in [4.78, 5) is 20.8. The van der Waals surface area contributed by atoms with Gasteiger partial charge < -0.3 is 5.73 Å². The fourth-order valence-corrected chi connectivity index (χ4v) is 22.4. The highest BCUT2D eigenvalue weighted by molar-refractivity contribution is 9.11. The molecule has 0 fully saturated rings. The Morgan fingerprint density at radius 2 is 0.704 bits per heavy atom. The Balaban J connectivity index is 0.000000106. The van der Waals surface area contributed by atoms with E-state index in [0.717, 1.165) is 103 Å². The number of fused-ring (bicyclic) bond motifs is 10. The van der Waals surface area contributed by atoms with Crippen LogP contribution in [0.2, 0.25) is 0 Å². The van der Waals surface area contributed by atoms with Crippen LogP contribution in [0.25, 0.3) is 128 Å². The molecule has 15 aromatic carbocycles. The van der Waals surface area contributed by atoms with Crippen LogP contribution in [0.4, 0.5) is 5.69 Å². The molecule has 0 saturated carbocycles. The molecule has 11 nitrogen and oxygen atoms in total. The lowest BCUT2D eigenvalue weighted by molar-refractivity contribution is 0.593. The Bertz CT molecular complexity index is 6940. The van der Waals surface area contributed by atoms with Gasteiger partial charge in [-0.15, -0.1) is 0 Å². The van der Waals surface area contributed by atoms with Gasteiger partial charge >= 0.3 is 0 Å². The smallest absolute Gasteiger partial charge is 0.210 e. The number of nitrogens with two attached hydrogens (primary N) is 1. The van der Waals surface area contributed by atoms with Gasteiger partial charge in [-0.1, -0.05) is 278 Å². The van der Waals surface area contributed by atoms with Gasteiger partial charge in [0.25, 0.3) is 0 Å². The molecule has 0 bridgehead atoms. The Morgan fingerprint density at radius 1 is 0.315 bits per heavy atom. The van der Waals surface area contributed by atoms with Crippen molar-refractivity contribution in [1.82, 2.24) is 28.7 Å². The van der Waals surface area contributed by atoms with E-state index in [1.165, 1.54) is 47.5 Å². The number of hydrogen-bond acceptors (Lipinski definition) is 10. The zero-order valence-corrected chi connectivity index (χ0v) is 64.9. The van der Waals surface area contributed by atoms with Gasteiger partial charge in [-0.05, 0) is 164 Å². The third-order valence-electron chi connectivity index (χ3n) is 20.0. The highest BCUT2D eigenvalue weighted by atomic mass is 79.9. The molecule has 0 spiro atoms. The summed E-state index contributed by atoms with van der Waals surface area (Å²) in [7, 11) is -7.42. The number of halogens is 3. The SMILES string of the molecule is Brc1ccc2c(c1)Sc1cccc3nc(-c4ccccc4)n-2c13.Nc1cccc2c1Cc1ccc(Br)cc1S2.O=S1(=O)c2cc(-c3c4ccccc4c(-c4ccccc4)c4ccccc34)ccc2-n2c(-c3ccccc3)nc3cccc1c32.O=S1(=O)c2cc(Br)ccc2-n2c(-c3ccccc3)nc3cccc1c32. The fraction of sp³-hybridized carbons (Fsp3) is 0.0111. The second kappa shape index (κ2) is 27.1. The lowest BCUT2D eigenvalue weighted by Gasteiger charge is -2.23. The van der Waals surface area contributed by atoms with Crippen molar-refractivity contribution in [3.63, 3.8) is 0 Å². The molecular weight excluding hydrogens is 1610 g/mol. The van der Waals surface area contributed by atoms with Gasteiger partial charge in [0.15, 0.2) is 0 Å². The van der Waals surface area contributed by atoms with E-state index in [9.17, 15) is 16.8 Å². The molecule has 0 amide bonds. The molecule has 18 aromatic rings. The lowest BCUT2D eigenvalue weighted by atomic mass is 9.86. The molecule has 0 saturated heterocycles. The molecule has 2 N–H and O–H groups in total. The Labute approximate surface area is 655 Å². The van der Waals surface area contributed by atoms with Gasteiger partial charge in [0, 0.05) is 61.8 Å². The number of nitrogens with zero attached hydrogens (tertiary/aromatic N) is 6. The third kappa shape index (κ3) is 11.4. The molecule has 0 radical (unpaired) electrons.